The van der Waals surface area contributed by atoms with Gasteiger partial charge in [0.2, 0.25) is 0 Å². The predicted molar refractivity (Wildman–Crippen MR) is 67.1 cm³/mol. The fraction of sp³-hybridized carbons (Fsp3) is 0.357. The molecule has 19 heavy (non-hydrogen) atoms. The lowest BCUT2D eigenvalue weighted by molar-refractivity contribution is -0.137. The normalized spacial score (nSPS) is 12.3. The summed E-state index contributed by atoms with van der Waals surface area (Å²) < 4.78 is 40.0. The summed E-state index contributed by atoms with van der Waals surface area (Å²) in [5, 5.41) is 0.703. The van der Waals surface area contributed by atoms with E-state index in [4.69, 9.17) is 0 Å². The Labute approximate surface area is 108 Å². The van der Waals surface area contributed by atoms with Gasteiger partial charge in [-0.3, -0.25) is 0 Å². The van der Waals surface area contributed by atoms with Crippen molar-refractivity contribution in [3.63, 3.8) is 0 Å². The van der Waals surface area contributed by atoms with E-state index >= 15 is 0 Å². The second-order valence-electron chi connectivity index (χ2n) is 4.76. The van der Waals surface area contributed by atoms with Gasteiger partial charge in [0.05, 0.1) is 5.56 Å². The van der Waals surface area contributed by atoms with Gasteiger partial charge in [0.25, 0.3) is 0 Å². The zero-order chi connectivity index (χ0) is 14.2. The molecule has 0 spiro atoms. The van der Waals surface area contributed by atoms with Crippen LogP contribution in [0.1, 0.15) is 31.0 Å². The molecule has 1 aromatic heterocycles. The Morgan fingerprint density at radius 1 is 1.32 bits per heavy atom. The molecule has 1 aromatic carbocycles. The predicted octanol–water partition coefficient (Wildman–Crippen LogP) is 3.98. The van der Waals surface area contributed by atoms with E-state index in [0.717, 1.165) is 24.0 Å². The number of alkyl halides is 3. The highest BCUT2D eigenvalue weighted by Gasteiger charge is 2.31. The maximum Gasteiger partial charge on any atom is 0.416 e. The summed E-state index contributed by atoms with van der Waals surface area (Å²) in [5.74, 6) is 0. The highest BCUT2D eigenvalue weighted by molar-refractivity contribution is 5.86. The number of fused-ring (bicyclic) bond motifs is 1. The number of halogens is 3. The Balaban J connectivity index is 2.69. The largest absolute Gasteiger partial charge is 0.416 e. The van der Waals surface area contributed by atoms with Crippen LogP contribution in [0.15, 0.2) is 24.4 Å². The Morgan fingerprint density at radius 2 is 2.00 bits per heavy atom. The maximum absolute atomic E-state index is 12.7. The van der Waals surface area contributed by atoms with Crippen molar-refractivity contribution in [3.05, 3.63) is 35.5 Å². The number of hydrogen-bond acceptors (Lipinski definition) is 1. The van der Waals surface area contributed by atoms with E-state index in [2.05, 4.69) is 0 Å². The number of benzene rings is 1. The lowest BCUT2D eigenvalue weighted by Gasteiger charge is -2.11. The molecule has 0 amide bonds. The molecule has 0 saturated heterocycles. The molecular formula is C14H14F3NO. The van der Waals surface area contributed by atoms with Gasteiger partial charge >= 0.3 is 6.18 Å². The van der Waals surface area contributed by atoms with Crippen LogP contribution in [0.4, 0.5) is 13.2 Å². The third-order valence-electron chi connectivity index (χ3n) is 3.10. The average Bonchev–Trinajstić information content (AvgIpc) is 2.67. The summed E-state index contributed by atoms with van der Waals surface area (Å²) in [6, 6.07) is 3.67. The van der Waals surface area contributed by atoms with E-state index in [-0.39, 0.29) is 12.5 Å². The molecule has 0 aliphatic carbocycles. The Kier molecular flexibility index (Phi) is 3.39. The molecule has 0 bridgehead atoms. The summed E-state index contributed by atoms with van der Waals surface area (Å²) in [5.41, 5.74) is 0.603. The summed E-state index contributed by atoms with van der Waals surface area (Å²) >= 11 is 0. The number of rotatable bonds is 3. The van der Waals surface area contributed by atoms with Gasteiger partial charge in [-0.2, -0.15) is 13.2 Å². The summed E-state index contributed by atoms with van der Waals surface area (Å²) in [6.07, 6.45) is -1.63. The van der Waals surface area contributed by atoms with Crippen molar-refractivity contribution >= 4 is 17.2 Å². The molecule has 0 radical (unpaired) electrons. The van der Waals surface area contributed by atoms with Crippen LogP contribution in [-0.4, -0.2) is 10.9 Å². The van der Waals surface area contributed by atoms with Gasteiger partial charge in [-0.25, -0.2) is 0 Å². The van der Waals surface area contributed by atoms with Crippen LogP contribution in [0.3, 0.4) is 0 Å². The van der Waals surface area contributed by atoms with Crippen LogP contribution in [0, 0.1) is 0 Å². The number of carbonyl (C=O) groups is 1. The average molecular weight is 269 g/mol. The quantitative estimate of drug-likeness (QED) is 0.772. The molecule has 5 heteroatoms. The molecule has 0 fully saturated rings. The van der Waals surface area contributed by atoms with Crippen LogP contribution >= 0.6 is 0 Å². The first-order valence-electron chi connectivity index (χ1n) is 5.99. The highest BCUT2D eigenvalue weighted by atomic mass is 19.4. The SMILES string of the molecule is CC(C)n1cc(CC=O)c2ccc(C(F)(F)F)cc21. The minimum Gasteiger partial charge on any atom is -0.345 e. The Bertz CT molecular complexity index is 611. The van der Waals surface area contributed by atoms with Crippen LogP contribution < -0.4 is 0 Å². The minimum absolute atomic E-state index is 0.0337. The first kappa shape index (κ1) is 13.6. The zero-order valence-electron chi connectivity index (χ0n) is 10.7. The van der Waals surface area contributed by atoms with Crippen molar-refractivity contribution in [2.75, 3.05) is 0 Å². The van der Waals surface area contributed by atoms with Crippen LogP contribution in [-0.2, 0) is 17.4 Å². The second-order valence-corrected chi connectivity index (χ2v) is 4.76. The molecular weight excluding hydrogens is 255 g/mol. The van der Waals surface area contributed by atoms with Gasteiger partial charge in [-0.15, -0.1) is 0 Å². The number of aldehydes is 1. The number of nitrogens with zero attached hydrogens (tertiary/aromatic N) is 1. The van der Waals surface area contributed by atoms with E-state index in [1.165, 1.54) is 6.07 Å². The highest BCUT2D eigenvalue weighted by Crippen LogP contribution is 2.33. The topological polar surface area (TPSA) is 22.0 Å². The summed E-state index contributed by atoms with van der Waals surface area (Å²) in [6.45, 7) is 3.79. The van der Waals surface area contributed by atoms with Gasteiger partial charge in [0.15, 0.2) is 0 Å². The number of hydrogen-bond donors (Lipinski definition) is 0. The molecule has 0 N–H and O–H groups in total. The van der Waals surface area contributed by atoms with Crippen molar-refractivity contribution < 1.29 is 18.0 Å². The number of carbonyl (C=O) groups excluding carboxylic acids is 1. The van der Waals surface area contributed by atoms with Gasteiger partial charge in [-0.1, -0.05) is 6.07 Å². The van der Waals surface area contributed by atoms with E-state index in [1.807, 2.05) is 13.8 Å². The third-order valence-corrected chi connectivity index (χ3v) is 3.10. The third kappa shape index (κ3) is 2.50. The van der Waals surface area contributed by atoms with Crippen molar-refractivity contribution in [2.24, 2.45) is 0 Å². The lowest BCUT2D eigenvalue weighted by atomic mass is 10.1. The van der Waals surface area contributed by atoms with Gasteiger partial charge in [0, 0.05) is 29.6 Å². The van der Waals surface area contributed by atoms with Crippen LogP contribution in [0.5, 0.6) is 0 Å². The second kappa shape index (κ2) is 4.72. The Morgan fingerprint density at radius 3 is 2.53 bits per heavy atom. The molecule has 2 rings (SSSR count). The van der Waals surface area contributed by atoms with Crippen molar-refractivity contribution in [1.82, 2.24) is 4.57 Å². The summed E-state index contributed by atoms with van der Waals surface area (Å²) in [7, 11) is 0. The lowest BCUT2D eigenvalue weighted by Crippen LogP contribution is -2.05. The fourth-order valence-electron chi connectivity index (χ4n) is 2.18. The standard InChI is InChI=1S/C14H14F3NO/c1-9(2)18-8-10(5-6-19)12-4-3-11(7-13(12)18)14(15,16)17/h3-4,6-9H,5H2,1-2H3. The molecule has 0 saturated carbocycles. The minimum atomic E-state index is -4.36. The summed E-state index contributed by atoms with van der Waals surface area (Å²) in [4.78, 5) is 10.6. The molecule has 0 unspecified atom stereocenters. The van der Waals surface area contributed by atoms with Gasteiger partial charge in [-0.05, 0) is 31.5 Å². The molecule has 1 heterocycles. The monoisotopic (exact) mass is 269 g/mol. The first-order valence-corrected chi connectivity index (χ1v) is 5.99. The zero-order valence-corrected chi connectivity index (χ0v) is 10.7. The maximum atomic E-state index is 12.7. The van der Waals surface area contributed by atoms with E-state index in [9.17, 15) is 18.0 Å². The van der Waals surface area contributed by atoms with Crippen molar-refractivity contribution in [3.8, 4) is 0 Å². The van der Waals surface area contributed by atoms with E-state index in [0.29, 0.717) is 10.9 Å². The molecule has 0 atom stereocenters. The molecule has 2 aromatic rings. The molecule has 0 aliphatic rings. The smallest absolute Gasteiger partial charge is 0.345 e. The van der Waals surface area contributed by atoms with E-state index in [1.54, 1.807) is 10.8 Å². The van der Waals surface area contributed by atoms with Gasteiger partial charge < -0.3 is 9.36 Å². The molecule has 102 valence electrons. The van der Waals surface area contributed by atoms with Crippen molar-refractivity contribution in [1.29, 1.82) is 0 Å². The van der Waals surface area contributed by atoms with Crippen LogP contribution in [0.2, 0.25) is 0 Å². The molecule has 0 aliphatic heterocycles. The fourth-order valence-corrected chi connectivity index (χ4v) is 2.18. The number of aromatic nitrogens is 1. The Hall–Kier alpha value is -1.78. The van der Waals surface area contributed by atoms with Crippen molar-refractivity contribution in [2.45, 2.75) is 32.5 Å². The van der Waals surface area contributed by atoms with Crippen LogP contribution in [0.25, 0.3) is 10.9 Å². The van der Waals surface area contributed by atoms with Gasteiger partial charge in [0.1, 0.15) is 6.29 Å². The molecule has 2 nitrogen and oxygen atoms in total. The van der Waals surface area contributed by atoms with E-state index < -0.39 is 11.7 Å². The first-order chi connectivity index (χ1) is 8.84.